The van der Waals surface area contributed by atoms with Crippen molar-refractivity contribution in [3.63, 3.8) is 0 Å². The van der Waals surface area contributed by atoms with E-state index in [2.05, 4.69) is 20.0 Å². The quantitative estimate of drug-likeness (QED) is 0.510. The maximum absolute atomic E-state index is 12.7. The Kier molecular flexibility index (Phi) is 4.80. The van der Waals surface area contributed by atoms with E-state index in [1.165, 1.54) is 0 Å². The van der Waals surface area contributed by atoms with E-state index in [-0.39, 0.29) is 5.91 Å². The Morgan fingerprint density at radius 3 is 2.50 bits per heavy atom. The van der Waals surface area contributed by atoms with Crippen molar-refractivity contribution in [1.82, 2.24) is 24.6 Å². The third-order valence-electron chi connectivity index (χ3n) is 5.28. The van der Waals surface area contributed by atoms with Gasteiger partial charge in [-0.3, -0.25) is 4.79 Å². The number of hydrogen-bond donors (Lipinski definition) is 0. The highest BCUT2D eigenvalue weighted by Crippen LogP contribution is 2.26. The van der Waals surface area contributed by atoms with Gasteiger partial charge < -0.3 is 9.80 Å². The van der Waals surface area contributed by atoms with Crippen LogP contribution < -0.4 is 4.90 Å². The second-order valence-electron chi connectivity index (χ2n) is 7.12. The number of anilines is 1. The van der Waals surface area contributed by atoms with E-state index < -0.39 is 0 Å². The van der Waals surface area contributed by atoms with Crippen LogP contribution in [-0.2, 0) is 0 Å². The van der Waals surface area contributed by atoms with Crippen LogP contribution in [0, 0.1) is 0 Å². The lowest BCUT2D eigenvalue weighted by Crippen LogP contribution is -2.49. The van der Waals surface area contributed by atoms with Gasteiger partial charge in [-0.15, -0.1) is 0 Å². The molecule has 1 amide bonds. The summed E-state index contributed by atoms with van der Waals surface area (Å²) in [5.74, 6) is 0.900. The zero-order valence-corrected chi connectivity index (χ0v) is 16.9. The SMILES string of the molecule is O=C(c1ccccc1)N1CCN(c2ncnc3c2cnn3-c2cccc(Cl)c2)CC1. The highest BCUT2D eigenvalue weighted by Gasteiger charge is 2.24. The van der Waals surface area contributed by atoms with Crippen LogP contribution in [0.5, 0.6) is 0 Å². The smallest absolute Gasteiger partial charge is 0.253 e. The molecule has 8 heteroatoms. The Morgan fingerprint density at radius 1 is 0.933 bits per heavy atom. The van der Waals surface area contributed by atoms with Gasteiger partial charge >= 0.3 is 0 Å². The standard InChI is InChI=1S/C22H19ClN6O/c23-17-7-4-8-18(13-17)29-21-19(14-26-29)20(24-15-25-21)27-9-11-28(12-10-27)22(30)16-5-2-1-3-6-16/h1-8,13-15H,9-12H2. The topological polar surface area (TPSA) is 67.2 Å². The first-order valence-electron chi connectivity index (χ1n) is 9.74. The first kappa shape index (κ1) is 18.6. The number of benzene rings is 2. The number of piperazine rings is 1. The van der Waals surface area contributed by atoms with Crippen LogP contribution in [0.2, 0.25) is 5.02 Å². The van der Waals surface area contributed by atoms with Gasteiger partial charge in [0.25, 0.3) is 5.91 Å². The van der Waals surface area contributed by atoms with Gasteiger partial charge in [0, 0.05) is 36.8 Å². The first-order chi connectivity index (χ1) is 14.7. The fourth-order valence-corrected chi connectivity index (χ4v) is 3.95. The molecule has 2 aromatic carbocycles. The summed E-state index contributed by atoms with van der Waals surface area (Å²) in [6, 6.07) is 16.9. The fourth-order valence-electron chi connectivity index (χ4n) is 3.77. The number of amides is 1. The molecule has 1 aliphatic rings. The summed E-state index contributed by atoms with van der Waals surface area (Å²) < 4.78 is 1.77. The molecule has 3 heterocycles. The second-order valence-corrected chi connectivity index (χ2v) is 7.55. The normalized spacial score (nSPS) is 14.3. The predicted molar refractivity (Wildman–Crippen MR) is 116 cm³/mol. The summed E-state index contributed by atoms with van der Waals surface area (Å²) >= 11 is 6.14. The summed E-state index contributed by atoms with van der Waals surface area (Å²) in [4.78, 5) is 25.7. The molecule has 1 saturated heterocycles. The lowest BCUT2D eigenvalue weighted by molar-refractivity contribution is 0.0746. The Morgan fingerprint density at radius 2 is 1.73 bits per heavy atom. The van der Waals surface area contributed by atoms with Gasteiger partial charge in [-0.25, -0.2) is 14.6 Å². The summed E-state index contributed by atoms with van der Waals surface area (Å²) in [7, 11) is 0. The van der Waals surface area contributed by atoms with Crippen LogP contribution >= 0.6 is 11.6 Å². The number of halogens is 1. The molecule has 0 unspecified atom stereocenters. The van der Waals surface area contributed by atoms with E-state index in [1.54, 1.807) is 17.2 Å². The largest absolute Gasteiger partial charge is 0.352 e. The summed E-state index contributed by atoms with van der Waals surface area (Å²) in [5.41, 5.74) is 2.30. The molecule has 1 aliphatic heterocycles. The van der Waals surface area contributed by atoms with Crippen molar-refractivity contribution in [1.29, 1.82) is 0 Å². The molecular weight excluding hydrogens is 400 g/mol. The van der Waals surface area contributed by atoms with Crippen LogP contribution in [0.3, 0.4) is 0 Å². The third kappa shape index (κ3) is 3.37. The maximum Gasteiger partial charge on any atom is 0.253 e. The van der Waals surface area contributed by atoms with Crippen LogP contribution in [0.15, 0.2) is 67.1 Å². The van der Waals surface area contributed by atoms with E-state index in [9.17, 15) is 4.79 Å². The summed E-state index contributed by atoms with van der Waals surface area (Å²) in [6.45, 7) is 2.68. The Bertz CT molecular complexity index is 1200. The Hall–Kier alpha value is -3.45. The van der Waals surface area contributed by atoms with Gasteiger partial charge in [-0.05, 0) is 30.3 Å². The van der Waals surface area contributed by atoms with Crippen molar-refractivity contribution in [2.24, 2.45) is 0 Å². The molecule has 30 heavy (non-hydrogen) atoms. The van der Waals surface area contributed by atoms with Gasteiger partial charge in [0.1, 0.15) is 12.1 Å². The highest BCUT2D eigenvalue weighted by atomic mass is 35.5. The second kappa shape index (κ2) is 7.76. The van der Waals surface area contributed by atoms with Gasteiger partial charge in [-0.1, -0.05) is 35.9 Å². The number of carbonyl (C=O) groups excluding carboxylic acids is 1. The van der Waals surface area contributed by atoms with Crippen LogP contribution in [-0.4, -0.2) is 56.7 Å². The molecule has 4 aromatic rings. The molecule has 5 rings (SSSR count). The molecule has 0 radical (unpaired) electrons. The minimum atomic E-state index is 0.0665. The van der Waals surface area contributed by atoms with Gasteiger partial charge in [0.05, 0.1) is 17.3 Å². The van der Waals surface area contributed by atoms with Crippen molar-refractivity contribution >= 4 is 34.4 Å². The third-order valence-corrected chi connectivity index (χ3v) is 5.52. The average molecular weight is 419 g/mol. The molecule has 0 aliphatic carbocycles. The van der Waals surface area contributed by atoms with Crippen LogP contribution in [0.4, 0.5) is 5.82 Å². The van der Waals surface area contributed by atoms with Crippen molar-refractivity contribution < 1.29 is 4.79 Å². The van der Waals surface area contributed by atoms with E-state index in [1.807, 2.05) is 59.5 Å². The number of carbonyl (C=O) groups is 1. The minimum Gasteiger partial charge on any atom is -0.352 e. The number of fused-ring (bicyclic) bond motifs is 1. The maximum atomic E-state index is 12.7. The van der Waals surface area contributed by atoms with E-state index in [0.717, 1.165) is 28.1 Å². The lowest BCUT2D eigenvalue weighted by atomic mass is 10.2. The monoisotopic (exact) mass is 418 g/mol. The Labute approximate surface area is 178 Å². The van der Waals surface area contributed by atoms with Crippen molar-refractivity contribution in [3.8, 4) is 5.69 Å². The van der Waals surface area contributed by atoms with Crippen molar-refractivity contribution in [2.75, 3.05) is 31.1 Å². The molecule has 7 nitrogen and oxygen atoms in total. The molecule has 1 fully saturated rings. The minimum absolute atomic E-state index is 0.0665. The van der Waals surface area contributed by atoms with E-state index >= 15 is 0 Å². The van der Waals surface area contributed by atoms with Crippen LogP contribution in [0.25, 0.3) is 16.7 Å². The lowest BCUT2D eigenvalue weighted by Gasteiger charge is -2.35. The average Bonchev–Trinajstić information content (AvgIpc) is 3.24. The van der Waals surface area contributed by atoms with Gasteiger partial charge in [0.15, 0.2) is 5.65 Å². The number of hydrogen-bond acceptors (Lipinski definition) is 5. The van der Waals surface area contributed by atoms with Crippen LogP contribution in [0.1, 0.15) is 10.4 Å². The molecule has 2 aromatic heterocycles. The van der Waals surface area contributed by atoms with Crippen molar-refractivity contribution in [2.45, 2.75) is 0 Å². The molecular formula is C22H19ClN6O. The molecule has 0 atom stereocenters. The van der Waals surface area contributed by atoms with Gasteiger partial charge in [0.2, 0.25) is 0 Å². The molecule has 0 saturated carbocycles. The first-order valence-corrected chi connectivity index (χ1v) is 10.1. The van der Waals surface area contributed by atoms with Gasteiger partial charge in [-0.2, -0.15) is 5.10 Å². The summed E-state index contributed by atoms with van der Waals surface area (Å²) in [5, 5.41) is 6.03. The van der Waals surface area contributed by atoms with Crippen molar-refractivity contribution in [3.05, 3.63) is 77.7 Å². The van der Waals surface area contributed by atoms with E-state index in [0.29, 0.717) is 31.2 Å². The number of aromatic nitrogens is 4. The number of nitrogens with zero attached hydrogens (tertiary/aromatic N) is 6. The number of rotatable bonds is 3. The van der Waals surface area contributed by atoms with E-state index in [4.69, 9.17) is 11.6 Å². The predicted octanol–water partition coefficient (Wildman–Crippen LogP) is 3.43. The molecule has 0 N–H and O–H groups in total. The highest BCUT2D eigenvalue weighted by molar-refractivity contribution is 6.30. The molecule has 150 valence electrons. The molecule has 0 spiro atoms. The zero-order chi connectivity index (χ0) is 20.5. The summed E-state index contributed by atoms with van der Waals surface area (Å²) in [6.07, 6.45) is 3.34. The molecule has 0 bridgehead atoms. The zero-order valence-electron chi connectivity index (χ0n) is 16.1. The Balaban J connectivity index is 1.38. The fraction of sp³-hybridized carbons (Fsp3) is 0.182.